The first-order valence-electron chi connectivity index (χ1n) is 9.81. The molecule has 0 saturated heterocycles. The first kappa shape index (κ1) is 19.7. The number of benzene rings is 2. The number of carbonyl (C=O) groups excluding carboxylic acids is 1. The van der Waals surface area contributed by atoms with Crippen molar-refractivity contribution in [2.45, 2.75) is 25.8 Å². The van der Waals surface area contributed by atoms with E-state index in [2.05, 4.69) is 71.2 Å². The van der Waals surface area contributed by atoms with Gasteiger partial charge in [0.05, 0.1) is 0 Å². The van der Waals surface area contributed by atoms with Gasteiger partial charge in [-0.15, -0.1) is 0 Å². The molecule has 0 aliphatic carbocycles. The summed E-state index contributed by atoms with van der Waals surface area (Å²) in [5.41, 5.74) is 2.53. The van der Waals surface area contributed by atoms with Crippen LogP contribution in [-0.2, 0) is 6.54 Å². The molecule has 1 atom stereocenters. The van der Waals surface area contributed by atoms with Gasteiger partial charge in [-0.25, -0.2) is 4.79 Å². The Hall–Kier alpha value is -3.08. The molecule has 2 aromatic carbocycles. The van der Waals surface area contributed by atoms with Crippen LogP contribution in [0.2, 0.25) is 0 Å². The molecule has 0 aliphatic heterocycles. The van der Waals surface area contributed by atoms with Crippen LogP contribution in [0.3, 0.4) is 0 Å². The zero-order chi connectivity index (χ0) is 19.6. The van der Waals surface area contributed by atoms with Crippen LogP contribution >= 0.6 is 0 Å². The molecule has 2 N–H and O–H groups in total. The van der Waals surface area contributed by atoms with Gasteiger partial charge in [0.15, 0.2) is 0 Å². The van der Waals surface area contributed by atoms with Crippen molar-refractivity contribution in [2.24, 2.45) is 5.92 Å². The summed E-state index contributed by atoms with van der Waals surface area (Å²) in [6, 6.07) is 22.7. The summed E-state index contributed by atoms with van der Waals surface area (Å²) in [7, 11) is 0. The third-order valence-corrected chi connectivity index (χ3v) is 4.79. The Kier molecular flexibility index (Phi) is 7.24. The van der Waals surface area contributed by atoms with Gasteiger partial charge in [-0.1, -0.05) is 67.6 Å². The molecule has 5 heteroatoms. The first-order chi connectivity index (χ1) is 13.7. The smallest absolute Gasteiger partial charge is 0.314 e. The van der Waals surface area contributed by atoms with Crippen molar-refractivity contribution in [3.8, 4) is 0 Å². The van der Waals surface area contributed by atoms with E-state index in [0.717, 1.165) is 13.0 Å². The fourth-order valence-electron chi connectivity index (χ4n) is 3.35. The number of hydrogen-bond acceptors (Lipinski definition) is 2. The van der Waals surface area contributed by atoms with Gasteiger partial charge in [-0.05, 0) is 29.5 Å². The number of nitrogens with zero attached hydrogens (tertiary/aromatic N) is 2. The van der Waals surface area contributed by atoms with Crippen LogP contribution in [0.4, 0.5) is 4.79 Å². The van der Waals surface area contributed by atoms with Crippen LogP contribution in [0.5, 0.6) is 0 Å². The van der Waals surface area contributed by atoms with Crippen LogP contribution in [0.25, 0.3) is 0 Å². The molecular formula is C23H28N4O. The van der Waals surface area contributed by atoms with Crippen molar-refractivity contribution in [3.05, 3.63) is 90.3 Å². The second-order valence-electron chi connectivity index (χ2n) is 7.13. The topological polar surface area (TPSA) is 59.0 Å². The SMILES string of the molecule is CC(CNC(=O)NCCC(c1ccccc1)c1ccccc1)Cn1cccn1. The van der Waals surface area contributed by atoms with Crippen LogP contribution in [0.15, 0.2) is 79.1 Å². The fraction of sp³-hybridized carbons (Fsp3) is 0.304. The zero-order valence-corrected chi connectivity index (χ0v) is 16.3. The van der Waals surface area contributed by atoms with E-state index in [-0.39, 0.29) is 11.9 Å². The van der Waals surface area contributed by atoms with Gasteiger partial charge >= 0.3 is 6.03 Å². The Morgan fingerprint density at radius 2 is 1.61 bits per heavy atom. The maximum absolute atomic E-state index is 12.2. The van der Waals surface area contributed by atoms with Gasteiger partial charge in [-0.3, -0.25) is 4.68 Å². The maximum atomic E-state index is 12.2. The number of hydrogen-bond donors (Lipinski definition) is 2. The van der Waals surface area contributed by atoms with Crippen molar-refractivity contribution in [2.75, 3.05) is 13.1 Å². The largest absolute Gasteiger partial charge is 0.338 e. The minimum absolute atomic E-state index is 0.118. The van der Waals surface area contributed by atoms with Gasteiger partial charge < -0.3 is 10.6 Å². The van der Waals surface area contributed by atoms with Gasteiger partial charge in [0, 0.05) is 37.9 Å². The summed E-state index contributed by atoms with van der Waals surface area (Å²) in [5, 5.41) is 10.1. The number of urea groups is 1. The highest BCUT2D eigenvalue weighted by Crippen LogP contribution is 2.27. The highest BCUT2D eigenvalue weighted by Gasteiger charge is 2.14. The van der Waals surface area contributed by atoms with Crippen molar-refractivity contribution in [3.63, 3.8) is 0 Å². The van der Waals surface area contributed by atoms with E-state index in [1.165, 1.54) is 11.1 Å². The molecule has 0 aliphatic rings. The first-order valence-corrected chi connectivity index (χ1v) is 9.81. The molecular weight excluding hydrogens is 348 g/mol. The molecule has 1 heterocycles. The maximum Gasteiger partial charge on any atom is 0.314 e. The predicted molar refractivity (Wildman–Crippen MR) is 112 cm³/mol. The molecule has 146 valence electrons. The van der Waals surface area contributed by atoms with Gasteiger partial charge in [-0.2, -0.15) is 5.10 Å². The average molecular weight is 377 g/mol. The summed E-state index contributed by atoms with van der Waals surface area (Å²) in [6.45, 7) is 4.13. The molecule has 28 heavy (non-hydrogen) atoms. The standard InChI is InChI=1S/C23H28N4O/c1-19(18-27-16-8-14-26-27)17-25-23(28)24-15-13-22(20-9-4-2-5-10-20)21-11-6-3-7-12-21/h2-12,14,16,19,22H,13,15,17-18H2,1H3,(H2,24,25,28). The normalized spacial score (nSPS) is 11.9. The van der Waals surface area contributed by atoms with Gasteiger partial charge in [0.2, 0.25) is 0 Å². The van der Waals surface area contributed by atoms with Crippen LogP contribution < -0.4 is 10.6 Å². The number of nitrogens with one attached hydrogen (secondary N) is 2. The summed E-state index contributed by atoms with van der Waals surface area (Å²) < 4.78 is 1.88. The monoisotopic (exact) mass is 376 g/mol. The fourth-order valence-corrected chi connectivity index (χ4v) is 3.35. The zero-order valence-electron chi connectivity index (χ0n) is 16.3. The Bertz CT molecular complexity index is 779. The Morgan fingerprint density at radius 1 is 0.964 bits per heavy atom. The lowest BCUT2D eigenvalue weighted by molar-refractivity contribution is 0.238. The summed E-state index contributed by atoms with van der Waals surface area (Å²) in [6.07, 6.45) is 4.55. The Labute approximate surface area is 166 Å². The minimum atomic E-state index is -0.118. The molecule has 0 saturated carbocycles. The Balaban J connectivity index is 1.46. The highest BCUT2D eigenvalue weighted by atomic mass is 16.2. The average Bonchev–Trinajstić information content (AvgIpc) is 3.24. The second kappa shape index (κ2) is 10.3. The molecule has 0 spiro atoms. The number of amides is 2. The lowest BCUT2D eigenvalue weighted by Crippen LogP contribution is -2.39. The molecule has 2 amide bonds. The second-order valence-corrected chi connectivity index (χ2v) is 7.13. The van der Waals surface area contributed by atoms with Crippen LogP contribution in [0, 0.1) is 5.92 Å². The number of rotatable bonds is 9. The van der Waals surface area contributed by atoms with Crippen molar-refractivity contribution in [1.29, 1.82) is 0 Å². The van der Waals surface area contributed by atoms with E-state index in [0.29, 0.717) is 19.0 Å². The minimum Gasteiger partial charge on any atom is -0.338 e. The van der Waals surface area contributed by atoms with Crippen molar-refractivity contribution in [1.82, 2.24) is 20.4 Å². The molecule has 3 rings (SSSR count). The van der Waals surface area contributed by atoms with Gasteiger partial charge in [0.1, 0.15) is 0 Å². The third-order valence-electron chi connectivity index (χ3n) is 4.79. The molecule has 3 aromatic rings. The van der Waals surface area contributed by atoms with E-state index < -0.39 is 0 Å². The molecule has 0 radical (unpaired) electrons. The summed E-state index contributed by atoms with van der Waals surface area (Å²) in [4.78, 5) is 12.2. The van der Waals surface area contributed by atoms with E-state index >= 15 is 0 Å². The molecule has 1 unspecified atom stereocenters. The molecule has 0 bridgehead atoms. The van der Waals surface area contributed by atoms with Crippen LogP contribution in [0.1, 0.15) is 30.4 Å². The molecule has 5 nitrogen and oxygen atoms in total. The predicted octanol–water partition coefficient (Wildman–Crippen LogP) is 4.04. The van der Waals surface area contributed by atoms with E-state index in [1.807, 2.05) is 29.1 Å². The Morgan fingerprint density at radius 3 is 2.18 bits per heavy atom. The lowest BCUT2D eigenvalue weighted by Gasteiger charge is -2.19. The molecule has 0 fully saturated rings. The summed E-state index contributed by atoms with van der Waals surface area (Å²) >= 11 is 0. The molecule has 1 aromatic heterocycles. The highest BCUT2D eigenvalue weighted by molar-refractivity contribution is 5.73. The van der Waals surface area contributed by atoms with E-state index in [4.69, 9.17) is 0 Å². The van der Waals surface area contributed by atoms with Crippen LogP contribution in [-0.4, -0.2) is 28.9 Å². The number of carbonyl (C=O) groups is 1. The van der Waals surface area contributed by atoms with Crippen molar-refractivity contribution < 1.29 is 4.79 Å². The summed E-state index contributed by atoms with van der Waals surface area (Å²) in [5.74, 6) is 0.577. The van der Waals surface area contributed by atoms with Gasteiger partial charge in [0.25, 0.3) is 0 Å². The van der Waals surface area contributed by atoms with Crippen molar-refractivity contribution >= 4 is 6.03 Å². The third kappa shape index (κ3) is 5.98. The lowest BCUT2D eigenvalue weighted by atomic mass is 9.88. The van der Waals surface area contributed by atoms with E-state index in [1.54, 1.807) is 6.20 Å². The van der Waals surface area contributed by atoms with E-state index in [9.17, 15) is 4.79 Å². The quantitative estimate of drug-likeness (QED) is 0.592. The number of aromatic nitrogens is 2.